The lowest BCUT2D eigenvalue weighted by molar-refractivity contribution is -0.143. The van der Waals surface area contributed by atoms with E-state index in [1.165, 1.54) is 0 Å². The maximum absolute atomic E-state index is 12.8. The third-order valence-electron chi connectivity index (χ3n) is 6.78. The van der Waals surface area contributed by atoms with Crippen LogP contribution in [-0.4, -0.2) is 53.3 Å². The van der Waals surface area contributed by atoms with Crippen LogP contribution in [0.25, 0.3) is 22.2 Å². The van der Waals surface area contributed by atoms with Gasteiger partial charge in [-0.1, -0.05) is 36.4 Å². The Morgan fingerprint density at radius 2 is 2.03 bits per heavy atom. The zero-order valence-electron chi connectivity index (χ0n) is 19.4. The minimum atomic E-state index is -1.25. The molecule has 2 aliphatic rings. The molecule has 180 valence electrons. The number of carbonyl (C=O) groups excluding carboxylic acids is 1. The van der Waals surface area contributed by atoms with E-state index in [1.54, 1.807) is 13.2 Å². The molecule has 1 aliphatic carbocycles. The van der Waals surface area contributed by atoms with Crippen LogP contribution in [0.3, 0.4) is 0 Å². The molecule has 1 aliphatic heterocycles. The number of carbonyl (C=O) groups is 2. The Morgan fingerprint density at radius 3 is 2.71 bits per heavy atom. The first-order chi connectivity index (χ1) is 16.9. The number of hydrogen-bond donors (Lipinski definition) is 3. The van der Waals surface area contributed by atoms with Gasteiger partial charge in [-0.25, -0.2) is 9.78 Å². The van der Waals surface area contributed by atoms with Gasteiger partial charge in [0, 0.05) is 42.0 Å². The predicted octanol–water partition coefficient (Wildman–Crippen LogP) is 3.17. The van der Waals surface area contributed by atoms with E-state index in [9.17, 15) is 14.7 Å². The van der Waals surface area contributed by atoms with Crippen molar-refractivity contribution < 1.29 is 24.2 Å². The number of hydrogen-bond acceptors (Lipinski definition) is 6. The number of amides is 1. The van der Waals surface area contributed by atoms with Crippen LogP contribution in [0, 0.1) is 5.92 Å². The van der Waals surface area contributed by atoms with Crippen LogP contribution in [0.1, 0.15) is 12.8 Å². The second kappa shape index (κ2) is 9.03. The van der Waals surface area contributed by atoms with E-state index >= 15 is 0 Å². The molecule has 0 radical (unpaired) electrons. The first kappa shape index (κ1) is 22.9. The molecule has 8 heteroatoms. The molecule has 2 unspecified atom stereocenters. The van der Waals surface area contributed by atoms with Crippen molar-refractivity contribution in [2.45, 2.75) is 30.5 Å². The van der Waals surface area contributed by atoms with E-state index in [0.717, 1.165) is 22.2 Å². The molecule has 0 bridgehead atoms. The topological polar surface area (TPSA) is 110 Å². The Bertz CT molecular complexity index is 1290. The summed E-state index contributed by atoms with van der Waals surface area (Å²) in [5.74, 6) is -0.259. The van der Waals surface area contributed by atoms with Gasteiger partial charge in [-0.15, -0.1) is 6.58 Å². The van der Waals surface area contributed by atoms with Crippen molar-refractivity contribution in [1.29, 1.82) is 0 Å². The number of pyridine rings is 1. The number of carboxylic acids is 1. The van der Waals surface area contributed by atoms with Crippen molar-refractivity contribution >= 4 is 22.8 Å². The lowest BCUT2D eigenvalue weighted by atomic mass is 10.1. The SMILES string of the molecule is C=CC1C[C@]1(NC(=O)C1C[C@@H](Oc2cc(-c3ccccc3)nc3cc(OC)ccc23)CN1)C(=O)O. The molecule has 1 aromatic heterocycles. The minimum absolute atomic E-state index is 0.256. The van der Waals surface area contributed by atoms with Gasteiger partial charge < -0.3 is 25.2 Å². The number of fused-ring (bicyclic) bond motifs is 1. The number of ether oxygens (including phenoxy) is 2. The molecule has 3 aromatic rings. The van der Waals surface area contributed by atoms with Crippen molar-refractivity contribution in [2.24, 2.45) is 5.92 Å². The molecule has 8 nitrogen and oxygen atoms in total. The molecule has 4 atom stereocenters. The Labute approximate surface area is 203 Å². The van der Waals surface area contributed by atoms with E-state index in [4.69, 9.17) is 14.5 Å². The Balaban J connectivity index is 1.36. The van der Waals surface area contributed by atoms with E-state index in [2.05, 4.69) is 17.2 Å². The van der Waals surface area contributed by atoms with Crippen LogP contribution >= 0.6 is 0 Å². The molecule has 2 aromatic carbocycles. The van der Waals surface area contributed by atoms with Crippen molar-refractivity contribution in [2.75, 3.05) is 13.7 Å². The first-order valence-corrected chi connectivity index (χ1v) is 11.6. The quantitative estimate of drug-likeness (QED) is 0.431. The third kappa shape index (κ3) is 4.33. The molecule has 0 spiro atoms. The van der Waals surface area contributed by atoms with Gasteiger partial charge in [0.15, 0.2) is 0 Å². The van der Waals surface area contributed by atoms with Crippen LogP contribution in [0.4, 0.5) is 0 Å². The fraction of sp³-hybridized carbons (Fsp3) is 0.296. The van der Waals surface area contributed by atoms with Crippen molar-refractivity contribution in [3.63, 3.8) is 0 Å². The largest absolute Gasteiger partial charge is 0.497 e. The third-order valence-corrected chi connectivity index (χ3v) is 6.78. The molecule has 1 amide bonds. The number of rotatable bonds is 8. The summed E-state index contributed by atoms with van der Waals surface area (Å²) in [5, 5.41) is 16.3. The lowest BCUT2D eigenvalue weighted by Gasteiger charge is -2.18. The van der Waals surface area contributed by atoms with Crippen LogP contribution in [0.2, 0.25) is 0 Å². The Morgan fingerprint density at radius 1 is 1.23 bits per heavy atom. The first-order valence-electron chi connectivity index (χ1n) is 11.6. The smallest absolute Gasteiger partial charge is 0.330 e. The highest BCUT2D eigenvalue weighted by molar-refractivity contribution is 5.93. The summed E-state index contributed by atoms with van der Waals surface area (Å²) in [6, 6.07) is 16.9. The molecule has 2 heterocycles. The predicted molar refractivity (Wildman–Crippen MR) is 131 cm³/mol. The van der Waals surface area contributed by atoms with Crippen LogP contribution in [0.15, 0.2) is 67.3 Å². The lowest BCUT2D eigenvalue weighted by Crippen LogP contribution is -2.51. The van der Waals surface area contributed by atoms with Gasteiger partial charge in [0.25, 0.3) is 0 Å². The number of benzene rings is 2. The zero-order chi connectivity index (χ0) is 24.6. The van der Waals surface area contributed by atoms with E-state index in [0.29, 0.717) is 30.9 Å². The van der Waals surface area contributed by atoms with Gasteiger partial charge in [-0.05, 0) is 18.6 Å². The summed E-state index contributed by atoms with van der Waals surface area (Å²) in [5.41, 5.74) is 1.23. The maximum Gasteiger partial charge on any atom is 0.330 e. The highest BCUT2D eigenvalue weighted by atomic mass is 16.5. The van der Waals surface area contributed by atoms with Gasteiger partial charge in [-0.3, -0.25) is 4.79 Å². The van der Waals surface area contributed by atoms with Gasteiger partial charge in [0.2, 0.25) is 5.91 Å². The summed E-state index contributed by atoms with van der Waals surface area (Å²) in [4.78, 5) is 29.3. The minimum Gasteiger partial charge on any atom is -0.497 e. The van der Waals surface area contributed by atoms with Crippen molar-refractivity contribution in [1.82, 2.24) is 15.6 Å². The number of nitrogens with one attached hydrogen (secondary N) is 2. The van der Waals surface area contributed by atoms with Gasteiger partial charge in [0.1, 0.15) is 23.1 Å². The summed E-state index contributed by atoms with van der Waals surface area (Å²) in [7, 11) is 1.61. The molecule has 2 fully saturated rings. The van der Waals surface area contributed by atoms with Crippen LogP contribution in [-0.2, 0) is 9.59 Å². The molecule has 1 saturated carbocycles. The molecular weight excluding hydrogens is 446 g/mol. The monoisotopic (exact) mass is 473 g/mol. The number of nitrogens with zero attached hydrogens (tertiary/aromatic N) is 1. The molecule has 3 N–H and O–H groups in total. The van der Waals surface area contributed by atoms with Crippen LogP contribution in [0.5, 0.6) is 11.5 Å². The Hall–Kier alpha value is -3.91. The fourth-order valence-electron chi connectivity index (χ4n) is 4.65. The average molecular weight is 474 g/mol. The average Bonchev–Trinajstić information content (AvgIpc) is 3.40. The summed E-state index contributed by atoms with van der Waals surface area (Å²) >= 11 is 0. The number of methoxy groups -OCH3 is 1. The molecule has 1 saturated heterocycles. The van der Waals surface area contributed by atoms with E-state index < -0.39 is 17.6 Å². The van der Waals surface area contributed by atoms with Gasteiger partial charge in [-0.2, -0.15) is 0 Å². The standard InChI is InChI=1S/C27H27N3O5/c1-3-17-14-27(17,26(32)33)30-25(31)23-12-19(15-28-23)35-24-13-21(16-7-5-4-6-8-16)29-22-11-18(34-2)9-10-20(22)24/h3-11,13,17,19,23,28H,1,12,14-15H2,2H3,(H,30,31)(H,32,33)/t17?,19-,23?,27-/m1/s1. The van der Waals surface area contributed by atoms with Crippen LogP contribution < -0.4 is 20.1 Å². The number of aromatic nitrogens is 1. The second-order valence-corrected chi connectivity index (χ2v) is 9.00. The number of carboxylic acid groups (broad SMARTS) is 1. The second-order valence-electron chi connectivity index (χ2n) is 9.00. The summed E-state index contributed by atoms with van der Waals surface area (Å²) in [6.45, 7) is 4.13. The Kier molecular flexibility index (Phi) is 5.90. The van der Waals surface area contributed by atoms with Gasteiger partial charge >= 0.3 is 5.97 Å². The van der Waals surface area contributed by atoms with Gasteiger partial charge in [0.05, 0.1) is 24.4 Å². The highest BCUT2D eigenvalue weighted by Gasteiger charge is 2.60. The van der Waals surface area contributed by atoms with E-state index in [-0.39, 0.29) is 17.9 Å². The van der Waals surface area contributed by atoms with Crippen molar-refractivity contribution in [3.8, 4) is 22.8 Å². The number of aliphatic carboxylic acids is 1. The molecule has 35 heavy (non-hydrogen) atoms. The normalized spacial score (nSPS) is 25.1. The molecular formula is C27H27N3O5. The fourth-order valence-corrected chi connectivity index (χ4v) is 4.65. The maximum atomic E-state index is 12.8. The summed E-state index contributed by atoms with van der Waals surface area (Å²) in [6.07, 6.45) is 2.09. The van der Waals surface area contributed by atoms with E-state index in [1.807, 2.05) is 54.6 Å². The molecule has 5 rings (SSSR count). The zero-order valence-corrected chi connectivity index (χ0v) is 19.4. The highest BCUT2D eigenvalue weighted by Crippen LogP contribution is 2.44. The summed E-state index contributed by atoms with van der Waals surface area (Å²) < 4.78 is 11.8. The van der Waals surface area contributed by atoms with Crippen molar-refractivity contribution in [3.05, 3.63) is 67.3 Å².